The quantitative estimate of drug-likeness (QED) is 0.731. The van der Waals surface area contributed by atoms with Crippen molar-refractivity contribution >= 4 is 17.7 Å². The number of carbonyl (C=O) groups excluding carboxylic acids is 1. The van der Waals surface area contributed by atoms with Crippen LogP contribution in [0.25, 0.3) is 0 Å². The minimum atomic E-state index is -0.505. The number of primary amides is 1. The molecule has 0 aromatic carbocycles. The van der Waals surface area contributed by atoms with Crippen LogP contribution in [0.5, 0.6) is 0 Å². The fourth-order valence-corrected chi connectivity index (χ4v) is 4.06. The van der Waals surface area contributed by atoms with E-state index >= 15 is 0 Å². The fourth-order valence-electron chi connectivity index (χ4n) is 3.12. The summed E-state index contributed by atoms with van der Waals surface area (Å²) in [6, 6.07) is 0. The van der Waals surface area contributed by atoms with Crippen LogP contribution in [0.1, 0.15) is 32.6 Å². The number of thioether (sulfide) groups is 1. The lowest BCUT2D eigenvalue weighted by Crippen LogP contribution is -2.57. The minimum absolute atomic E-state index is 0.203. The van der Waals surface area contributed by atoms with Crippen molar-refractivity contribution in [2.45, 2.75) is 43.3 Å². The maximum Gasteiger partial charge on any atom is 0.238 e. The summed E-state index contributed by atoms with van der Waals surface area (Å²) in [6.07, 6.45) is 5.65. The number of rotatable bonds is 7. The van der Waals surface area contributed by atoms with Crippen molar-refractivity contribution in [3.05, 3.63) is 6.33 Å². The van der Waals surface area contributed by atoms with Crippen LogP contribution in [-0.4, -0.2) is 38.5 Å². The molecule has 1 aromatic heterocycles. The predicted octanol–water partition coefficient (Wildman–Crippen LogP) is 0.931. The van der Waals surface area contributed by atoms with Crippen LogP contribution in [0, 0.1) is 5.92 Å². The standard InChI is InChI=1S/C13H23N5OS/c1-3-15-13(11(14)19)7-4-5-10(13)6-8-20-12-17-16-9-18(12)2/h9-10,15H,3-8H2,1-2H3,(H2,14,19). The molecule has 1 amide bonds. The van der Waals surface area contributed by atoms with Crippen LogP contribution in [0.4, 0.5) is 0 Å². The Morgan fingerprint density at radius 3 is 3.10 bits per heavy atom. The average molecular weight is 297 g/mol. The maximum absolute atomic E-state index is 11.9. The highest BCUT2D eigenvalue weighted by molar-refractivity contribution is 7.99. The van der Waals surface area contributed by atoms with Gasteiger partial charge in [0.1, 0.15) is 11.9 Å². The number of likely N-dealkylation sites (N-methyl/N-ethyl adjacent to an activating group) is 1. The fraction of sp³-hybridized carbons (Fsp3) is 0.769. The van der Waals surface area contributed by atoms with E-state index in [9.17, 15) is 4.79 Å². The van der Waals surface area contributed by atoms with Gasteiger partial charge < -0.3 is 15.6 Å². The van der Waals surface area contributed by atoms with Gasteiger partial charge in [-0.1, -0.05) is 25.1 Å². The van der Waals surface area contributed by atoms with Crippen molar-refractivity contribution in [3.63, 3.8) is 0 Å². The second-order valence-electron chi connectivity index (χ2n) is 5.32. The summed E-state index contributed by atoms with van der Waals surface area (Å²) in [4.78, 5) is 11.9. The zero-order valence-electron chi connectivity index (χ0n) is 12.1. The highest BCUT2D eigenvalue weighted by Crippen LogP contribution is 2.38. The first kappa shape index (κ1) is 15.3. The summed E-state index contributed by atoms with van der Waals surface area (Å²) in [6.45, 7) is 2.80. The Morgan fingerprint density at radius 2 is 2.50 bits per heavy atom. The van der Waals surface area contributed by atoms with E-state index in [0.29, 0.717) is 5.92 Å². The largest absolute Gasteiger partial charge is 0.368 e. The average Bonchev–Trinajstić information content (AvgIpc) is 2.99. The summed E-state index contributed by atoms with van der Waals surface area (Å²) >= 11 is 1.68. The van der Waals surface area contributed by atoms with Crippen LogP contribution in [0.2, 0.25) is 0 Å². The van der Waals surface area contributed by atoms with Crippen molar-refractivity contribution in [1.82, 2.24) is 20.1 Å². The molecule has 1 saturated carbocycles. The van der Waals surface area contributed by atoms with Crippen LogP contribution in [0.15, 0.2) is 11.5 Å². The van der Waals surface area contributed by atoms with Gasteiger partial charge in [-0.2, -0.15) is 0 Å². The number of aromatic nitrogens is 3. The molecule has 1 fully saturated rings. The summed E-state index contributed by atoms with van der Waals surface area (Å²) in [5.74, 6) is 1.05. The molecule has 0 bridgehead atoms. The molecule has 0 saturated heterocycles. The number of hydrogen-bond acceptors (Lipinski definition) is 5. The number of nitrogens with two attached hydrogens (primary N) is 1. The molecule has 2 atom stereocenters. The molecule has 1 aliphatic rings. The molecule has 2 rings (SSSR count). The van der Waals surface area contributed by atoms with E-state index in [1.807, 2.05) is 18.5 Å². The highest BCUT2D eigenvalue weighted by atomic mass is 32.2. The van der Waals surface area contributed by atoms with E-state index in [0.717, 1.165) is 43.1 Å². The van der Waals surface area contributed by atoms with Gasteiger partial charge in [0.2, 0.25) is 5.91 Å². The minimum Gasteiger partial charge on any atom is -0.368 e. The molecular weight excluding hydrogens is 274 g/mol. The van der Waals surface area contributed by atoms with Crippen LogP contribution >= 0.6 is 11.8 Å². The normalized spacial score (nSPS) is 26.0. The van der Waals surface area contributed by atoms with Crippen LogP contribution in [0.3, 0.4) is 0 Å². The van der Waals surface area contributed by atoms with Crippen LogP contribution < -0.4 is 11.1 Å². The molecule has 0 spiro atoms. The lowest BCUT2D eigenvalue weighted by molar-refractivity contribution is -0.125. The van der Waals surface area contributed by atoms with E-state index in [2.05, 4.69) is 15.5 Å². The third-order valence-electron chi connectivity index (χ3n) is 4.12. The number of nitrogens with one attached hydrogen (secondary N) is 1. The number of nitrogens with zero attached hydrogens (tertiary/aromatic N) is 3. The zero-order chi connectivity index (χ0) is 14.6. The topological polar surface area (TPSA) is 85.8 Å². The third-order valence-corrected chi connectivity index (χ3v) is 5.19. The number of hydrogen-bond donors (Lipinski definition) is 2. The molecule has 20 heavy (non-hydrogen) atoms. The second-order valence-corrected chi connectivity index (χ2v) is 6.38. The van der Waals surface area contributed by atoms with Crippen molar-refractivity contribution in [3.8, 4) is 0 Å². The zero-order valence-corrected chi connectivity index (χ0v) is 12.9. The second kappa shape index (κ2) is 6.58. The van der Waals surface area contributed by atoms with E-state index < -0.39 is 5.54 Å². The lowest BCUT2D eigenvalue weighted by Gasteiger charge is -2.33. The van der Waals surface area contributed by atoms with Crippen molar-refractivity contribution in [2.24, 2.45) is 18.7 Å². The SMILES string of the molecule is CCNC1(C(N)=O)CCCC1CCSc1nncn1C. The Labute approximate surface area is 123 Å². The van der Waals surface area contributed by atoms with E-state index in [1.165, 1.54) is 0 Å². The molecule has 3 N–H and O–H groups in total. The highest BCUT2D eigenvalue weighted by Gasteiger charge is 2.46. The van der Waals surface area contributed by atoms with Crippen molar-refractivity contribution < 1.29 is 4.79 Å². The van der Waals surface area contributed by atoms with E-state index in [-0.39, 0.29) is 5.91 Å². The Hall–Kier alpha value is -1.08. The molecule has 112 valence electrons. The molecule has 0 aliphatic heterocycles. The van der Waals surface area contributed by atoms with Gasteiger partial charge in [-0.15, -0.1) is 10.2 Å². The molecule has 6 nitrogen and oxygen atoms in total. The Balaban J connectivity index is 1.94. The summed E-state index contributed by atoms with van der Waals surface area (Å²) < 4.78 is 1.91. The van der Waals surface area contributed by atoms with E-state index in [1.54, 1.807) is 18.1 Å². The molecule has 2 unspecified atom stereocenters. The summed E-state index contributed by atoms with van der Waals surface area (Å²) in [5.41, 5.74) is 5.16. The summed E-state index contributed by atoms with van der Waals surface area (Å²) in [7, 11) is 1.93. The van der Waals surface area contributed by atoms with Crippen LogP contribution in [-0.2, 0) is 11.8 Å². The molecule has 7 heteroatoms. The smallest absolute Gasteiger partial charge is 0.238 e. The Kier molecular flexibility index (Phi) is 5.04. The number of aryl methyl sites for hydroxylation is 1. The summed E-state index contributed by atoms with van der Waals surface area (Å²) in [5, 5.41) is 12.2. The van der Waals surface area contributed by atoms with Gasteiger partial charge >= 0.3 is 0 Å². The van der Waals surface area contributed by atoms with Gasteiger partial charge in [0.15, 0.2) is 5.16 Å². The predicted molar refractivity (Wildman–Crippen MR) is 79.3 cm³/mol. The lowest BCUT2D eigenvalue weighted by atomic mass is 9.84. The monoisotopic (exact) mass is 297 g/mol. The molecule has 1 aromatic rings. The molecular formula is C13H23N5OS. The van der Waals surface area contributed by atoms with Gasteiger partial charge in [-0.25, -0.2) is 0 Å². The molecule has 1 aliphatic carbocycles. The third kappa shape index (κ3) is 2.98. The first-order valence-corrected chi connectivity index (χ1v) is 8.10. The van der Waals surface area contributed by atoms with Crippen molar-refractivity contribution in [1.29, 1.82) is 0 Å². The van der Waals surface area contributed by atoms with Gasteiger partial charge in [-0.05, 0) is 31.7 Å². The van der Waals surface area contributed by atoms with E-state index in [4.69, 9.17) is 5.73 Å². The first-order chi connectivity index (χ1) is 9.60. The van der Waals surface area contributed by atoms with Gasteiger partial charge in [-0.3, -0.25) is 4.79 Å². The van der Waals surface area contributed by atoms with Gasteiger partial charge in [0.05, 0.1) is 0 Å². The van der Waals surface area contributed by atoms with Gasteiger partial charge in [0, 0.05) is 12.8 Å². The van der Waals surface area contributed by atoms with Crippen molar-refractivity contribution in [2.75, 3.05) is 12.3 Å². The molecule has 0 radical (unpaired) electrons. The first-order valence-electron chi connectivity index (χ1n) is 7.12. The number of amides is 1. The molecule has 1 heterocycles. The maximum atomic E-state index is 11.9. The number of carbonyl (C=O) groups is 1. The Morgan fingerprint density at radius 1 is 1.70 bits per heavy atom. The van der Waals surface area contributed by atoms with Gasteiger partial charge in [0.25, 0.3) is 0 Å². The Bertz CT molecular complexity index is 463.